The van der Waals surface area contributed by atoms with E-state index in [0.29, 0.717) is 11.9 Å². The molecule has 0 aromatic heterocycles. The lowest BCUT2D eigenvalue weighted by Crippen LogP contribution is -2.34. The first kappa shape index (κ1) is 13.3. The monoisotopic (exact) mass is 253 g/mol. The van der Waals surface area contributed by atoms with E-state index in [4.69, 9.17) is 9.47 Å². The highest BCUT2D eigenvalue weighted by Gasteiger charge is 2.15. The van der Waals surface area contributed by atoms with Gasteiger partial charge >= 0.3 is 0 Å². The fourth-order valence-corrected chi connectivity index (χ4v) is 2.07. The minimum Gasteiger partial charge on any atom is -0.489 e. The van der Waals surface area contributed by atoms with Crippen molar-refractivity contribution >= 4 is 0 Å². The van der Waals surface area contributed by atoms with Gasteiger partial charge in [0, 0.05) is 25.8 Å². The van der Waals surface area contributed by atoms with Gasteiger partial charge in [-0.3, -0.25) is 0 Å². The molecule has 0 radical (unpaired) electrons. The first-order valence-corrected chi connectivity index (χ1v) is 6.48. The summed E-state index contributed by atoms with van der Waals surface area (Å²) in [5.41, 5.74) is 0. The summed E-state index contributed by atoms with van der Waals surface area (Å²) in [5, 5.41) is 3.32. The third-order valence-corrected chi connectivity index (χ3v) is 2.96. The van der Waals surface area contributed by atoms with Crippen LogP contribution in [0.15, 0.2) is 24.3 Å². The average molecular weight is 253 g/mol. The zero-order valence-corrected chi connectivity index (χ0v) is 10.7. The second-order valence-electron chi connectivity index (χ2n) is 4.68. The summed E-state index contributed by atoms with van der Waals surface area (Å²) >= 11 is 0. The molecule has 100 valence electrons. The first-order valence-electron chi connectivity index (χ1n) is 6.48. The van der Waals surface area contributed by atoms with E-state index in [0.717, 1.165) is 32.5 Å². The molecule has 1 N–H and O–H groups in total. The summed E-state index contributed by atoms with van der Waals surface area (Å²) in [6.45, 7) is 4.43. The van der Waals surface area contributed by atoms with Gasteiger partial charge in [-0.2, -0.15) is 0 Å². The molecule has 0 bridgehead atoms. The minimum atomic E-state index is -0.271. The van der Waals surface area contributed by atoms with E-state index >= 15 is 0 Å². The second-order valence-corrected chi connectivity index (χ2v) is 4.68. The predicted molar refractivity (Wildman–Crippen MR) is 68.3 cm³/mol. The summed E-state index contributed by atoms with van der Waals surface area (Å²) < 4.78 is 24.1. The maximum atomic E-state index is 13.0. The molecule has 2 rings (SSSR count). The molecule has 1 fully saturated rings. The zero-order chi connectivity index (χ0) is 12.8. The van der Waals surface area contributed by atoms with Crippen LogP contribution in [0.2, 0.25) is 0 Å². The van der Waals surface area contributed by atoms with Gasteiger partial charge in [0.05, 0.1) is 6.10 Å². The van der Waals surface area contributed by atoms with Crippen LogP contribution in [0.25, 0.3) is 0 Å². The molecule has 0 saturated carbocycles. The summed E-state index contributed by atoms with van der Waals surface area (Å²) in [6, 6.07) is 6.22. The number of rotatable bonds is 6. The summed E-state index contributed by atoms with van der Waals surface area (Å²) in [7, 11) is 0. The first-order chi connectivity index (χ1) is 8.74. The average Bonchev–Trinajstić information content (AvgIpc) is 2.82. The summed E-state index contributed by atoms with van der Waals surface area (Å²) in [5.74, 6) is 0.299. The van der Waals surface area contributed by atoms with E-state index in [-0.39, 0.29) is 11.9 Å². The Labute approximate surface area is 107 Å². The molecule has 1 heterocycles. The van der Waals surface area contributed by atoms with Crippen LogP contribution in [0, 0.1) is 5.82 Å². The smallest absolute Gasteiger partial charge is 0.126 e. The van der Waals surface area contributed by atoms with Gasteiger partial charge < -0.3 is 14.8 Å². The van der Waals surface area contributed by atoms with Crippen molar-refractivity contribution in [1.29, 1.82) is 0 Å². The molecule has 2 unspecified atom stereocenters. The van der Waals surface area contributed by atoms with Crippen molar-refractivity contribution in [3.05, 3.63) is 30.1 Å². The minimum absolute atomic E-state index is 0.00760. The Hall–Kier alpha value is -1.13. The molecule has 1 aromatic carbocycles. The standard InChI is InChI=1S/C14H20FNO2/c1-11(9-16-10-14-6-3-7-17-14)18-13-5-2-4-12(15)8-13/h2,4-5,8,11,14,16H,3,6-7,9-10H2,1H3. The van der Waals surface area contributed by atoms with Crippen LogP contribution in [0.5, 0.6) is 5.75 Å². The molecule has 2 atom stereocenters. The van der Waals surface area contributed by atoms with Crippen molar-refractivity contribution < 1.29 is 13.9 Å². The number of halogens is 1. The molecule has 1 aromatic rings. The molecule has 1 saturated heterocycles. The lowest BCUT2D eigenvalue weighted by molar-refractivity contribution is 0.106. The van der Waals surface area contributed by atoms with Crippen LogP contribution in [0.1, 0.15) is 19.8 Å². The van der Waals surface area contributed by atoms with Crippen LogP contribution in [-0.4, -0.2) is 31.9 Å². The number of hydrogen-bond acceptors (Lipinski definition) is 3. The fraction of sp³-hybridized carbons (Fsp3) is 0.571. The Morgan fingerprint density at radius 3 is 3.17 bits per heavy atom. The lowest BCUT2D eigenvalue weighted by atomic mass is 10.2. The van der Waals surface area contributed by atoms with Gasteiger partial charge in [0.1, 0.15) is 17.7 Å². The van der Waals surface area contributed by atoms with Gasteiger partial charge in [0.2, 0.25) is 0 Å². The Bertz CT molecular complexity index is 367. The van der Waals surface area contributed by atoms with Crippen LogP contribution in [-0.2, 0) is 4.74 Å². The number of ether oxygens (including phenoxy) is 2. The van der Waals surface area contributed by atoms with Crippen molar-refractivity contribution in [2.75, 3.05) is 19.7 Å². The Kier molecular flexibility index (Phi) is 4.96. The maximum absolute atomic E-state index is 13.0. The van der Waals surface area contributed by atoms with Crippen molar-refractivity contribution in [1.82, 2.24) is 5.32 Å². The van der Waals surface area contributed by atoms with Gasteiger partial charge in [0.25, 0.3) is 0 Å². The fourth-order valence-electron chi connectivity index (χ4n) is 2.07. The largest absolute Gasteiger partial charge is 0.489 e. The lowest BCUT2D eigenvalue weighted by Gasteiger charge is -2.17. The van der Waals surface area contributed by atoms with E-state index in [1.807, 2.05) is 6.92 Å². The molecule has 1 aliphatic heterocycles. The molecule has 0 spiro atoms. The van der Waals surface area contributed by atoms with Crippen LogP contribution in [0.4, 0.5) is 4.39 Å². The highest BCUT2D eigenvalue weighted by Crippen LogP contribution is 2.14. The van der Waals surface area contributed by atoms with E-state index in [2.05, 4.69) is 5.32 Å². The molecule has 0 aliphatic carbocycles. The van der Waals surface area contributed by atoms with Gasteiger partial charge in [-0.05, 0) is 31.9 Å². The Morgan fingerprint density at radius 1 is 1.56 bits per heavy atom. The second kappa shape index (κ2) is 6.71. The maximum Gasteiger partial charge on any atom is 0.126 e. The summed E-state index contributed by atoms with van der Waals surface area (Å²) in [6.07, 6.45) is 2.63. The van der Waals surface area contributed by atoms with Crippen LogP contribution in [0.3, 0.4) is 0 Å². The number of nitrogens with one attached hydrogen (secondary N) is 1. The predicted octanol–water partition coefficient (Wildman–Crippen LogP) is 2.36. The van der Waals surface area contributed by atoms with Gasteiger partial charge in [-0.15, -0.1) is 0 Å². The molecular formula is C14H20FNO2. The quantitative estimate of drug-likeness (QED) is 0.844. The van der Waals surface area contributed by atoms with Gasteiger partial charge in [0.15, 0.2) is 0 Å². The van der Waals surface area contributed by atoms with Gasteiger partial charge in [-0.1, -0.05) is 6.07 Å². The summed E-state index contributed by atoms with van der Waals surface area (Å²) in [4.78, 5) is 0. The third kappa shape index (κ3) is 4.27. The topological polar surface area (TPSA) is 30.5 Å². The van der Waals surface area contributed by atoms with Crippen molar-refractivity contribution in [3.63, 3.8) is 0 Å². The molecular weight excluding hydrogens is 233 g/mol. The highest BCUT2D eigenvalue weighted by atomic mass is 19.1. The Morgan fingerprint density at radius 2 is 2.44 bits per heavy atom. The van der Waals surface area contributed by atoms with Crippen molar-refractivity contribution in [2.45, 2.75) is 32.0 Å². The zero-order valence-electron chi connectivity index (χ0n) is 10.7. The van der Waals surface area contributed by atoms with Crippen LogP contribution < -0.4 is 10.1 Å². The van der Waals surface area contributed by atoms with Crippen molar-refractivity contribution in [3.8, 4) is 5.75 Å². The Balaban J connectivity index is 1.66. The highest BCUT2D eigenvalue weighted by molar-refractivity contribution is 5.22. The number of hydrogen-bond donors (Lipinski definition) is 1. The third-order valence-electron chi connectivity index (χ3n) is 2.96. The van der Waals surface area contributed by atoms with E-state index in [1.165, 1.54) is 12.1 Å². The van der Waals surface area contributed by atoms with Crippen molar-refractivity contribution in [2.24, 2.45) is 0 Å². The van der Waals surface area contributed by atoms with E-state index < -0.39 is 0 Å². The van der Waals surface area contributed by atoms with Crippen LogP contribution >= 0.6 is 0 Å². The normalized spacial score (nSPS) is 20.9. The van der Waals surface area contributed by atoms with E-state index in [1.54, 1.807) is 12.1 Å². The SMILES string of the molecule is CC(CNCC1CCCO1)Oc1cccc(F)c1. The molecule has 0 amide bonds. The molecule has 1 aliphatic rings. The number of benzene rings is 1. The molecule has 4 heteroatoms. The van der Waals surface area contributed by atoms with Gasteiger partial charge in [-0.25, -0.2) is 4.39 Å². The van der Waals surface area contributed by atoms with E-state index in [9.17, 15) is 4.39 Å². The molecule has 18 heavy (non-hydrogen) atoms. The molecule has 3 nitrogen and oxygen atoms in total.